The van der Waals surface area contributed by atoms with E-state index in [0.29, 0.717) is 6.04 Å². The standard InChI is InChI=1S/C8H15NO2.C6H6.C2H6/c1-6(10)8(11)9-7-4-2-3-5-7;1-2-4-6-5-3-1;1-2/h6-7,10H,2-5H2,1H3,(H,9,11);1-6H;1-2H3/t6-;;/m1../s1. The molecule has 0 heterocycles. The zero-order valence-electron chi connectivity index (χ0n) is 12.3. The molecule has 0 radical (unpaired) electrons. The first-order chi connectivity index (χ1) is 9.20. The van der Waals surface area contributed by atoms with Gasteiger partial charge in [0.1, 0.15) is 6.10 Å². The van der Waals surface area contributed by atoms with E-state index in [2.05, 4.69) is 5.32 Å². The zero-order chi connectivity index (χ0) is 14.5. The number of rotatable bonds is 2. The average Bonchev–Trinajstić information content (AvgIpc) is 2.96. The van der Waals surface area contributed by atoms with Gasteiger partial charge in [0.2, 0.25) is 5.91 Å². The minimum Gasteiger partial charge on any atom is -0.384 e. The molecule has 0 aliphatic heterocycles. The lowest BCUT2D eigenvalue weighted by atomic mass is 10.2. The fraction of sp³-hybridized carbons (Fsp3) is 0.562. The summed E-state index contributed by atoms with van der Waals surface area (Å²) in [5.41, 5.74) is 0. The summed E-state index contributed by atoms with van der Waals surface area (Å²) >= 11 is 0. The van der Waals surface area contributed by atoms with Gasteiger partial charge in [0.15, 0.2) is 0 Å². The molecule has 1 aromatic rings. The second-order valence-electron chi connectivity index (χ2n) is 4.32. The quantitative estimate of drug-likeness (QED) is 0.863. The van der Waals surface area contributed by atoms with E-state index in [-0.39, 0.29) is 5.91 Å². The van der Waals surface area contributed by atoms with Gasteiger partial charge in [-0.3, -0.25) is 4.79 Å². The van der Waals surface area contributed by atoms with Crippen molar-refractivity contribution in [3.05, 3.63) is 36.4 Å². The highest BCUT2D eigenvalue weighted by atomic mass is 16.3. The number of amides is 1. The van der Waals surface area contributed by atoms with Crippen LogP contribution >= 0.6 is 0 Å². The Labute approximate surface area is 117 Å². The van der Waals surface area contributed by atoms with Crippen molar-refractivity contribution in [2.75, 3.05) is 0 Å². The Bertz CT molecular complexity index is 279. The molecule has 2 rings (SSSR count). The van der Waals surface area contributed by atoms with Crippen molar-refractivity contribution in [3.63, 3.8) is 0 Å². The van der Waals surface area contributed by atoms with Crippen LogP contribution in [0.2, 0.25) is 0 Å². The molecule has 108 valence electrons. The molecule has 1 aliphatic rings. The van der Waals surface area contributed by atoms with Gasteiger partial charge in [-0.15, -0.1) is 0 Å². The van der Waals surface area contributed by atoms with Crippen molar-refractivity contribution in [2.45, 2.75) is 58.6 Å². The third-order valence-corrected chi connectivity index (χ3v) is 2.75. The summed E-state index contributed by atoms with van der Waals surface area (Å²) in [6.07, 6.45) is 3.67. The third kappa shape index (κ3) is 9.25. The van der Waals surface area contributed by atoms with Crippen LogP contribution in [0.4, 0.5) is 0 Å². The number of carbonyl (C=O) groups is 1. The van der Waals surface area contributed by atoms with Crippen molar-refractivity contribution in [1.29, 1.82) is 0 Å². The molecule has 19 heavy (non-hydrogen) atoms. The van der Waals surface area contributed by atoms with Gasteiger partial charge >= 0.3 is 0 Å². The van der Waals surface area contributed by atoms with Gasteiger partial charge in [-0.1, -0.05) is 63.1 Å². The van der Waals surface area contributed by atoms with Gasteiger partial charge in [0, 0.05) is 6.04 Å². The van der Waals surface area contributed by atoms with E-state index in [1.54, 1.807) is 0 Å². The first-order valence-corrected chi connectivity index (χ1v) is 7.18. The second-order valence-corrected chi connectivity index (χ2v) is 4.32. The molecule has 0 unspecified atom stereocenters. The molecule has 3 heteroatoms. The van der Waals surface area contributed by atoms with Crippen LogP contribution in [-0.2, 0) is 4.79 Å². The highest BCUT2D eigenvalue weighted by Gasteiger charge is 2.18. The third-order valence-electron chi connectivity index (χ3n) is 2.75. The maximum atomic E-state index is 10.9. The summed E-state index contributed by atoms with van der Waals surface area (Å²) in [7, 11) is 0. The molecule has 1 aromatic carbocycles. The first kappa shape index (κ1) is 17.6. The first-order valence-electron chi connectivity index (χ1n) is 7.18. The second kappa shape index (κ2) is 11.7. The Morgan fingerprint density at radius 2 is 1.42 bits per heavy atom. The minimum atomic E-state index is -0.865. The molecule has 2 N–H and O–H groups in total. The molecular weight excluding hydrogens is 238 g/mol. The molecule has 0 saturated heterocycles. The summed E-state index contributed by atoms with van der Waals surface area (Å²) in [5.74, 6) is -0.239. The number of aliphatic hydroxyl groups excluding tert-OH is 1. The Morgan fingerprint density at radius 1 is 1.05 bits per heavy atom. The summed E-state index contributed by atoms with van der Waals surface area (Å²) in [5, 5.41) is 11.7. The lowest BCUT2D eigenvalue weighted by Crippen LogP contribution is -2.38. The van der Waals surface area contributed by atoms with Crippen LogP contribution in [0, 0.1) is 0 Å². The maximum Gasteiger partial charge on any atom is 0.248 e. The normalized spacial score (nSPS) is 15.4. The van der Waals surface area contributed by atoms with Crippen molar-refractivity contribution < 1.29 is 9.90 Å². The van der Waals surface area contributed by atoms with E-state index >= 15 is 0 Å². The van der Waals surface area contributed by atoms with E-state index in [1.807, 2.05) is 50.2 Å². The molecule has 1 atom stereocenters. The summed E-state index contributed by atoms with van der Waals surface area (Å²) in [6.45, 7) is 5.49. The number of hydrogen-bond acceptors (Lipinski definition) is 2. The predicted molar refractivity (Wildman–Crippen MR) is 79.9 cm³/mol. The molecule has 0 bridgehead atoms. The van der Waals surface area contributed by atoms with Crippen LogP contribution in [0.15, 0.2) is 36.4 Å². The summed E-state index contributed by atoms with van der Waals surface area (Å²) in [6, 6.07) is 12.3. The molecular formula is C16H27NO2. The Kier molecular flexibility index (Phi) is 10.9. The van der Waals surface area contributed by atoms with Crippen molar-refractivity contribution in [1.82, 2.24) is 5.32 Å². The van der Waals surface area contributed by atoms with Gasteiger partial charge in [-0.2, -0.15) is 0 Å². The number of hydrogen-bond donors (Lipinski definition) is 2. The van der Waals surface area contributed by atoms with Gasteiger partial charge < -0.3 is 10.4 Å². The monoisotopic (exact) mass is 265 g/mol. The van der Waals surface area contributed by atoms with Gasteiger partial charge in [-0.25, -0.2) is 0 Å². The van der Waals surface area contributed by atoms with Crippen molar-refractivity contribution >= 4 is 5.91 Å². The number of benzene rings is 1. The highest BCUT2D eigenvalue weighted by Crippen LogP contribution is 2.17. The zero-order valence-corrected chi connectivity index (χ0v) is 12.3. The summed E-state index contributed by atoms with van der Waals surface area (Å²) in [4.78, 5) is 10.9. The topological polar surface area (TPSA) is 49.3 Å². The Morgan fingerprint density at radius 3 is 1.74 bits per heavy atom. The van der Waals surface area contributed by atoms with Gasteiger partial charge in [0.25, 0.3) is 0 Å². The molecule has 1 fully saturated rings. The fourth-order valence-electron chi connectivity index (χ4n) is 1.78. The van der Waals surface area contributed by atoms with Crippen molar-refractivity contribution in [2.24, 2.45) is 0 Å². The van der Waals surface area contributed by atoms with E-state index in [1.165, 1.54) is 19.8 Å². The van der Waals surface area contributed by atoms with Crippen LogP contribution < -0.4 is 5.32 Å². The highest BCUT2D eigenvalue weighted by molar-refractivity contribution is 5.80. The van der Waals surface area contributed by atoms with Gasteiger partial charge in [0.05, 0.1) is 0 Å². The largest absolute Gasteiger partial charge is 0.384 e. The maximum absolute atomic E-state index is 10.9. The lowest BCUT2D eigenvalue weighted by molar-refractivity contribution is -0.129. The predicted octanol–water partition coefficient (Wildman–Crippen LogP) is 3.14. The van der Waals surface area contributed by atoms with Gasteiger partial charge in [-0.05, 0) is 19.8 Å². The van der Waals surface area contributed by atoms with Crippen LogP contribution in [-0.4, -0.2) is 23.2 Å². The molecule has 0 spiro atoms. The number of nitrogens with one attached hydrogen (secondary N) is 1. The van der Waals surface area contributed by atoms with E-state index in [0.717, 1.165) is 12.8 Å². The number of aliphatic hydroxyl groups is 1. The fourth-order valence-corrected chi connectivity index (χ4v) is 1.78. The number of carbonyl (C=O) groups excluding carboxylic acids is 1. The molecule has 1 amide bonds. The minimum absolute atomic E-state index is 0.239. The van der Waals surface area contributed by atoms with E-state index < -0.39 is 6.10 Å². The molecule has 1 aliphatic carbocycles. The average molecular weight is 265 g/mol. The van der Waals surface area contributed by atoms with Crippen LogP contribution in [0.1, 0.15) is 46.5 Å². The molecule has 3 nitrogen and oxygen atoms in total. The smallest absolute Gasteiger partial charge is 0.248 e. The Balaban J connectivity index is 0.000000341. The van der Waals surface area contributed by atoms with Crippen LogP contribution in [0.5, 0.6) is 0 Å². The van der Waals surface area contributed by atoms with Crippen LogP contribution in [0.25, 0.3) is 0 Å². The van der Waals surface area contributed by atoms with Crippen molar-refractivity contribution in [3.8, 4) is 0 Å². The van der Waals surface area contributed by atoms with E-state index in [9.17, 15) is 4.79 Å². The molecule has 1 saturated carbocycles. The molecule has 0 aromatic heterocycles. The SMILES string of the molecule is CC.C[C@@H](O)C(=O)NC1CCCC1.c1ccccc1. The Hall–Kier alpha value is -1.35. The lowest BCUT2D eigenvalue weighted by Gasteiger charge is -2.12. The van der Waals surface area contributed by atoms with E-state index in [4.69, 9.17) is 5.11 Å². The summed E-state index contributed by atoms with van der Waals surface area (Å²) < 4.78 is 0. The van der Waals surface area contributed by atoms with Crippen LogP contribution in [0.3, 0.4) is 0 Å².